The normalized spacial score (nSPS) is 10.6. The van der Waals surface area contributed by atoms with E-state index in [1.807, 2.05) is 38.1 Å². The lowest BCUT2D eigenvalue weighted by molar-refractivity contribution is 0.317. The molecule has 2 aromatic rings. The quantitative estimate of drug-likeness (QED) is 0.812. The fourth-order valence-corrected chi connectivity index (χ4v) is 2.41. The van der Waals surface area contributed by atoms with Gasteiger partial charge in [0.15, 0.2) is 0 Å². The molecule has 23 heavy (non-hydrogen) atoms. The van der Waals surface area contributed by atoms with Crippen LogP contribution in [-0.4, -0.2) is 16.4 Å². The van der Waals surface area contributed by atoms with Crippen molar-refractivity contribution in [1.29, 1.82) is 0 Å². The van der Waals surface area contributed by atoms with E-state index in [4.69, 9.17) is 4.74 Å². The highest BCUT2D eigenvalue weighted by Gasteiger charge is 2.09. The Balaban J connectivity index is 2.12. The molecule has 5 heteroatoms. The van der Waals surface area contributed by atoms with Crippen LogP contribution in [0.3, 0.4) is 0 Å². The smallest absolute Gasteiger partial charge is 0.271 e. The molecular weight excluding hydrogens is 290 g/mol. The molecule has 0 amide bonds. The summed E-state index contributed by atoms with van der Waals surface area (Å²) in [6.45, 7) is 7.93. The van der Waals surface area contributed by atoms with Crippen molar-refractivity contribution < 1.29 is 4.74 Å². The van der Waals surface area contributed by atoms with Crippen molar-refractivity contribution in [1.82, 2.24) is 9.78 Å². The first-order valence-corrected chi connectivity index (χ1v) is 8.24. The number of rotatable bonds is 8. The van der Waals surface area contributed by atoms with Gasteiger partial charge in [-0.15, -0.1) is 0 Å². The average Bonchev–Trinajstić information content (AvgIpc) is 2.58. The van der Waals surface area contributed by atoms with Gasteiger partial charge in [0.2, 0.25) is 0 Å². The highest BCUT2D eigenvalue weighted by Crippen LogP contribution is 2.16. The maximum Gasteiger partial charge on any atom is 0.271 e. The number of anilines is 1. The summed E-state index contributed by atoms with van der Waals surface area (Å²) < 4.78 is 7.14. The van der Waals surface area contributed by atoms with Gasteiger partial charge in [0.05, 0.1) is 18.5 Å². The topological polar surface area (TPSA) is 56.1 Å². The van der Waals surface area contributed by atoms with E-state index in [2.05, 4.69) is 17.3 Å². The Morgan fingerprint density at radius 1 is 1.26 bits per heavy atom. The molecule has 0 aliphatic carbocycles. The summed E-state index contributed by atoms with van der Waals surface area (Å²) in [7, 11) is 0. The van der Waals surface area contributed by atoms with Crippen LogP contribution >= 0.6 is 0 Å². The van der Waals surface area contributed by atoms with E-state index in [9.17, 15) is 4.79 Å². The monoisotopic (exact) mass is 315 g/mol. The molecule has 124 valence electrons. The van der Waals surface area contributed by atoms with Crippen molar-refractivity contribution >= 4 is 5.69 Å². The van der Waals surface area contributed by atoms with Crippen molar-refractivity contribution in [2.45, 2.75) is 46.7 Å². The largest absolute Gasteiger partial charge is 0.494 e. The molecule has 5 nitrogen and oxygen atoms in total. The van der Waals surface area contributed by atoms with Crippen LogP contribution in [-0.2, 0) is 19.5 Å². The van der Waals surface area contributed by atoms with E-state index in [0.29, 0.717) is 19.5 Å². The van der Waals surface area contributed by atoms with Crippen LogP contribution in [0.4, 0.5) is 5.69 Å². The van der Waals surface area contributed by atoms with Crippen LogP contribution in [0.15, 0.2) is 35.3 Å². The zero-order valence-corrected chi connectivity index (χ0v) is 14.1. The number of hydrogen-bond acceptors (Lipinski definition) is 4. The van der Waals surface area contributed by atoms with Gasteiger partial charge in [-0.05, 0) is 37.5 Å². The first-order valence-electron chi connectivity index (χ1n) is 8.24. The van der Waals surface area contributed by atoms with E-state index in [-0.39, 0.29) is 5.56 Å². The van der Waals surface area contributed by atoms with Crippen LogP contribution in [0.5, 0.6) is 5.75 Å². The second-order valence-corrected chi connectivity index (χ2v) is 5.36. The van der Waals surface area contributed by atoms with Gasteiger partial charge >= 0.3 is 0 Å². The van der Waals surface area contributed by atoms with Gasteiger partial charge in [0.25, 0.3) is 5.56 Å². The number of aromatic nitrogens is 2. The lowest BCUT2D eigenvalue weighted by Crippen LogP contribution is -2.26. The van der Waals surface area contributed by atoms with Crippen LogP contribution < -0.4 is 15.6 Å². The van der Waals surface area contributed by atoms with E-state index >= 15 is 0 Å². The van der Waals surface area contributed by atoms with Gasteiger partial charge < -0.3 is 10.1 Å². The Morgan fingerprint density at radius 3 is 2.78 bits per heavy atom. The first-order chi connectivity index (χ1) is 11.2. The van der Waals surface area contributed by atoms with Gasteiger partial charge in [-0.25, -0.2) is 4.68 Å². The second-order valence-electron chi connectivity index (χ2n) is 5.36. The minimum absolute atomic E-state index is 0.0139. The minimum atomic E-state index is -0.0139. The Hall–Kier alpha value is -2.30. The molecule has 0 saturated heterocycles. The van der Waals surface area contributed by atoms with Crippen LogP contribution in [0.1, 0.15) is 38.3 Å². The summed E-state index contributed by atoms with van der Waals surface area (Å²) in [6, 6.07) is 8.00. The highest BCUT2D eigenvalue weighted by atomic mass is 16.5. The van der Waals surface area contributed by atoms with Gasteiger partial charge in [-0.3, -0.25) is 4.79 Å². The molecule has 0 aliphatic heterocycles. The van der Waals surface area contributed by atoms with Crippen molar-refractivity contribution in [3.63, 3.8) is 0 Å². The van der Waals surface area contributed by atoms with Gasteiger partial charge in [0.1, 0.15) is 5.75 Å². The Morgan fingerprint density at radius 2 is 2.09 bits per heavy atom. The molecule has 0 spiro atoms. The van der Waals surface area contributed by atoms with Crippen molar-refractivity contribution in [3.05, 3.63) is 51.9 Å². The maximum atomic E-state index is 12.3. The van der Waals surface area contributed by atoms with E-state index in [0.717, 1.165) is 35.6 Å². The molecule has 2 rings (SSSR count). The lowest BCUT2D eigenvalue weighted by atomic mass is 10.1. The molecule has 0 aliphatic rings. The average molecular weight is 315 g/mol. The fourth-order valence-electron chi connectivity index (χ4n) is 2.41. The number of ether oxygens (including phenoxy) is 1. The predicted molar refractivity (Wildman–Crippen MR) is 93.1 cm³/mol. The molecule has 1 N–H and O–H groups in total. The maximum absolute atomic E-state index is 12.3. The number of aryl methyl sites for hydroxylation is 1. The molecule has 0 fully saturated rings. The number of hydrogen-bond donors (Lipinski definition) is 1. The molecule has 1 heterocycles. The first kappa shape index (κ1) is 17.1. The van der Waals surface area contributed by atoms with Gasteiger partial charge in [-0.2, -0.15) is 5.10 Å². The van der Waals surface area contributed by atoms with Crippen LogP contribution in [0.25, 0.3) is 0 Å². The van der Waals surface area contributed by atoms with E-state index in [1.165, 1.54) is 4.68 Å². The van der Waals surface area contributed by atoms with Crippen LogP contribution in [0, 0.1) is 0 Å². The summed E-state index contributed by atoms with van der Waals surface area (Å²) in [5, 5.41) is 7.52. The summed E-state index contributed by atoms with van der Waals surface area (Å²) in [5.74, 6) is 0.876. The molecule has 1 aromatic heterocycles. The molecule has 0 atom stereocenters. The number of nitrogens with one attached hydrogen (secondary N) is 1. The summed E-state index contributed by atoms with van der Waals surface area (Å²) in [5.41, 5.74) is 2.68. The fraction of sp³-hybridized carbons (Fsp3) is 0.444. The zero-order valence-electron chi connectivity index (χ0n) is 14.1. The predicted octanol–water partition coefficient (Wildman–Crippen LogP) is 3.23. The molecule has 0 unspecified atom stereocenters. The minimum Gasteiger partial charge on any atom is -0.494 e. The molecule has 0 saturated carbocycles. The summed E-state index contributed by atoms with van der Waals surface area (Å²) >= 11 is 0. The molecule has 0 bridgehead atoms. The zero-order chi connectivity index (χ0) is 16.7. The summed E-state index contributed by atoms with van der Waals surface area (Å²) in [6.07, 6.45) is 3.41. The Bertz CT molecular complexity index is 695. The van der Waals surface area contributed by atoms with Crippen molar-refractivity contribution in [2.75, 3.05) is 11.9 Å². The van der Waals surface area contributed by atoms with E-state index in [1.54, 1.807) is 6.20 Å². The number of nitrogens with zero attached hydrogens (tertiary/aromatic N) is 2. The third kappa shape index (κ3) is 4.34. The Kier molecular flexibility index (Phi) is 6.20. The van der Waals surface area contributed by atoms with Crippen molar-refractivity contribution in [2.24, 2.45) is 0 Å². The van der Waals surface area contributed by atoms with Crippen molar-refractivity contribution in [3.8, 4) is 5.75 Å². The van der Waals surface area contributed by atoms with E-state index < -0.39 is 0 Å². The third-order valence-electron chi connectivity index (χ3n) is 3.65. The molecule has 0 radical (unpaired) electrons. The second kappa shape index (κ2) is 8.36. The van der Waals surface area contributed by atoms with Crippen LogP contribution in [0.2, 0.25) is 0 Å². The van der Waals surface area contributed by atoms with Gasteiger partial charge in [-0.1, -0.05) is 26.0 Å². The third-order valence-corrected chi connectivity index (χ3v) is 3.65. The highest BCUT2D eigenvalue weighted by molar-refractivity contribution is 5.48. The lowest BCUT2D eigenvalue weighted by Gasteiger charge is -2.12. The SMILES string of the molecule is CCCOc1cccc(CNc2cnn(CC)c(=O)c2CC)c1. The molecular formula is C18H25N3O2. The number of benzene rings is 1. The van der Waals surface area contributed by atoms with Gasteiger partial charge in [0, 0.05) is 18.7 Å². The summed E-state index contributed by atoms with van der Waals surface area (Å²) in [4.78, 5) is 12.3. The molecule has 1 aromatic carbocycles. The Labute approximate surface area is 137 Å². The standard InChI is InChI=1S/C18H25N3O2/c1-4-10-23-15-9-7-8-14(11-15)12-19-17-13-20-21(6-3)18(22)16(17)5-2/h7-9,11,13,19H,4-6,10,12H2,1-3H3.